The normalized spacial score (nSPS) is 24.0. The Kier molecular flexibility index (Phi) is 9.19. The molecule has 1 unspecified atom stereocenters. The number of rotatable bonds is 9. The summed E-state index contributed by atoms with van der Waals surface area (Å²) in [6.07, 6.45) is 0.184. The van der Waals surface area contributed by atoms with E-state index in [-0.39, 0.29) is 66.0 Å². The molecule has 0 amide bonds. The van der Waals surface area contributed by atoms with E-state index in [9.17, 15) is 4.79 Å². The molecule has 0 bridgehead atoms. The van der Waals surface area contributed by atoms with E-state index in [4.69, 9.17) is 24.2 Å². The second-order valence-corrected chi connectivity index (χ2v) is 20.8. The number of carbonyl (C=O) groups excluding carboxylic acids is 3. The van der Waals surface area contributed by atoms with Crippen LogP contribution < -0.4 is 15.2 Å². The lowest BCUT2D eigenvalue weighted by atomic mass is 9.54. The summed E-state index contributed by atoms with van der Waals surface area (Å²) in [6, 6.07) is 18.0. The van der Waals surface area contributed by atoms with E-state index in [1.165, 1.54) is 0 Å². The molecule has 0 aliphatic heterocycles. The number of ether oxygens (including phenoxy) is 2. The van der Waals surface area contributed by atoms with Crippen LogP contribution in [0.15, 0.2) is 65.2 Å². The van der Waals surface area contributed by atoms with Gasteiger partial charge in [0.25, 0.3) is 5.88 Å². The first-order valence-electron chi connectivity index (χ1n) is 17.9. The Morgan fingerprint density at radius 1 is 0.962 bits per heavy atom. The van der Waals surface area contributed by atoms with Crippen LogP contribution in [0.25, 0.3) is 0 Å². The molecule has 0 radical (unpaired) electrons. The number of pyridine rings is 1. The highest BCUT2D eigenvalue weighted by Gasteiger charge is 2.70. The van der Waals surface area contributed by atoms with Gasteiger partial charge in [0.15, 0.2) is 42.8 Å². The molecule has 13 heteroatoms. The summed E-state index contributed by atoms with van der Waals surface area (Å²) in [5.41, 5.74) is 5.70. The minimum absolute atomic E-state index is 0.00794. The Morgan fingerprint density at radius 3 is 2.15 bits per heavy atom. The van der Waals surface area contributed by atoms with Crippen LogP contribution in [-0.4, -0.2) is 60.4 Å². The molecule has 4 aromatic rings. The van der Waals surface area contributed by atoms with Gasteiger partial charge in [0, 0.05) is 11.5 Å². The molecule has 278 valence electrons. The van der Waals surface area contributed by atoms with Crippen molar-refractivity contribution in [3.63, 3.8) is 0 Å². The van der Waals surface area contributed by atoms with Gasteiger partial charge in [0.2, 0.25) is 11.7 Å². The maximum Gasteiger partial charge on any atom is 0.265 e. The van der Waals surface area contributed by atoms with Gasteiger partial charge in [0.05, 0.1) is 17.5 Å². The molecule has 11 nitrogen and oxygen atoms in total. The maximum atomic E-state index is 15.7. The number of Topliss-reactive ketones (excluding diaryl/α,β-unsaturated/α-hetero) is 3. The van der Waals surface area contributed by atoms with E-state index in [1.54, 1.807) is 0 Å². The number of hydrogen-bond donors (Lipinski definition) is 1. The van der Waals surface area contributed by atoms with Crippen molar-refractivity contribution in [3.8, 4) is 11.6 Å². The van der Waals surface area contributed by atoms with E-state index in [2.05, 4.69) is 10.1 Å². The molecular weight excluding hydrogens is 696 g/mol. The molecule has 5 atom stereocenters. The summed E-state index contributed by atoms with van der Waals surface area (Å²) in [7, 11) is 0.702. The molecule has 7 rings (SSSR count). The zero-order chi connectivity index (χ0) is 38.0. The molecule has 2 N–H and O–H groups in total. The van der Waals surface area contributed by atoms with Crippen LogP contribution in [0.4, 0.5) is 10.2 Å². The van der Waals surface area contributed by atoms with Crippen molar-refractivity contribution in [1.29, 1.82) is 0 Å². The molecule has 3 aliphatic rings. The Hall–Kier alpha value is -4.72. The molecule has 0 spiro atoms. The zero-order valence-electron chi connectivity index (χ0n) is 31.1. The van der Waals surface area contributed by atoms with Crippen molar-refractivity contribution >= 4 is 31.5 Å². The van der Waals surface area contributed by atoms with Gasteiger partial charge in [-0.3, -0.25) is 19.3 Å². The van der Waals surface area contributed by atoms with Gasteiger partial charge in [-0.05, 0) is 67.3 Å². The minimum Gasteiger partial charge on any atom is -0.484 e. The predicted molar refractivity (Wildman–Crippen MR) is 197 cm³/mol. The number of nitrogens with zero attached hydrogens (tertiary/aromatic N) is 3. The van der Waals surface area contributed by atoms with Crippen molar-refractivity contribution in [3.05, 3.63) is 100 Å². The van der Waals surface area contributed by atoms with E-state index >= 15 is 14.0 Å². The third kappa shape index (κ3) is 5.98. The fourth-order valence-electron chi connectivity index (χ4n) is 7.97. The number of anilines is 1. The quantitative estimate of drug-likeness (QED) is 0.110. The highest BCUT2D eigenvalue weighted by atomic mass is 28.4. The number of nitrogen functional groups attached to an aromatic ring is 1. The van der Waals surface area contributed by atoms with Crippen molar-refractivity contribution < 1.29 is 37.2 Å². The first-order valence-corrected chi connectivity index (χ1v) is 20.8. The largest absolute Gasteiger partial charge is 0.484 e. The molecule has 1 saturated carbocycles. The van der Waals surface area contributed by atoms with Gasteiger partial charge in [-0.1, -0.05) is 81.4 Å². The van der Waals surface area contributed by atoms with E-state index < -0.39 is 66.0 Å². The fourth-order valence-corrected chi connectivity index (χ4v) is 9.42. The Bertz CT molecular complexity index is 2080. The van der Waals surface area contributed by atoms with Gasteiger partial charge in [0.1, 0.15) is 18.8 Å². The van der Waals surface area contributed by atoms with Crippen molar-refractivity contribution in [2.45, 2.75) is 76.6 Å². The predicted octanol–water partition coefficient (Wildman–Crippen LogP) is 6.77. The number of halogens is 1. The summed E-state index contributed by atoms with van der Waals surface area (Å²) in [5, 5.41) is 3.79. The average Bonchev–Trinajstić information content (AvgIpc) is 3.52. The second kappa shape index (κ2) is 13.3. The van der Waals surface area contributed by atoms with Crippen molar-refractivity contribution in [2.75, 3.05) is 19.8 Å². The molecule has 2 heterocycles. The average molecular weight is 741 g/mol. The number of ketones is 3. The Balaban J connectivity index is 1.37. The first kappa shape index (κ1) is 36.6. The lowest BCUT2D eigenvalue weighted by molar-refractivity contribution is -0.151. The number of nitrogens with two attached hydrogens (primary N) is 1. The number of benzene rings is 2. The van der Waals surface area contributed by atoms with E-state index in [0.717, 1.165) is 11.1 Å². The van der Waals surface area contributed by atoms with E-state index in [1.807, 2.05) is 114 Å². The van der Waals surface area contributed by atoms with Crippen LogP contribution in [0.1, 0.15) is 76.4 Å². The molecule has 2 aromatic heterocycles. The lowest BCUT2D eigenvalue weighted by Gasteiger charge is -2.56. The Labute approximate surface area is 309 Å². The molecular formula is C40H45FN4O7Si. The first-order chi connectivity index (χ1) is 25.1. The summed E-state index contributed by atoms with van der Waals surface area (Å²) in [6.45, 7) is 10.1. The number of carbonyl (C=O) groups is 3. The molecule has 53 heavy (non-hydrogen) atoms. The van der Waals surface area contributed by atoms with Crippen LogP contribution in [0.3, 0.4) is 0 Å². The number of aromatic nitrogens is 2. The summed E-state index contributed by atoms with van der Waals surface area (Å²) >= 11 is 0. The van der Waals surface area contributed by atoms with Gasteiger partial charge < -0.3 is 24.2 Å². The summed E-state index contributed by atoms with van der Waals surface area (Å²) < 4.78 is 41.0. The highest BCUT2D eigenvalue weighted by molar-refractivity contribution is 6.74. The maximum absolute atomic E-state index is 15.7. The van der Waals surface area contributed by atoms with E-state index in [0.29, 0.717) is 0 Å². The van der Waals surface area contributed by atoms with Crippen molar-refractivity contribution in [2.24, 2.45) is 17.8 Å². The van der Waals surface area contributed by atoms with Gasteiger partial charge in [-0.15, -0.1) is 0 Å². The monoisotopic (exact) mass is 740 g/mol. The summed E-state index contributed by atoms with van der Waals surface area (Å²) in [5.74, 6) is -5.85. The van der Waals surface area contributed by atoms with Crippen molar-refractivity contribution in [1.82, 2.24) is 15.0 Å². The summed E-state index contributed by atoms with van der Waals surface area (Å²) in [4.78, 5) is 51.6. The highest BCUT2D eigenvalue weighted by Crippen LogP contribution is 2.59. The van der Waals surface area contributed by atoms with Crippen LogP contribution in [0, 0.1) is 23.7 Å². The smallest absolute Gasteiger partial charge is 0.265 e. The third-order valence-electron chi connectivity index (χ3n) is 11.5. The van der Waals surface area contributed by atoms with Crippen LogP contribution in [0.2, 0.25) is 18.1 Å². The second-order valence-electron chi connectivity index (χ2n) is 16.1. The van der Waals surface area contributed by atoms with Crippen LogP contribution in [-0.2, 0) is 28.9 Å². The molecule has 2 aromatic carbocycles. The number of hydrogen-bond acceptors (Lipinski definition) is 11. The van der Waals surface area contributed by atoms with Gasteiger partial charge in [-0.2, -0.15) is 9.37 Å². The zero-order valence-corrected chi connectivity index (χ0v) is 32.1. The fraction of sp³-hybridized carbons (Fsp3) is 0.425. The third-order valence-corrected chi connectivity index (χ3v) is 16.0. The molecule has 0 saturated heterocycles. The van der Waals surface area contributed by atoms with Gasteiger partial charge in [-0.25, -0.2) is 0 Å². The minimum atomic E-state index is -2.95. The SMILES string of the molecule is CN(C)[C@@H]1c2onc(OCc3ccccc3)c2C(=O)[C@@]2(O[Si](C)(C)C(C)(C)C)C(=O)C3C(=O)c4c(c(F)nc(N)c4OCc4ccccc4)C[C@H]3C[C@@H]12. The molecule has 3 aliphatic carbocycles. The van der Waals surface area contributed by atoms with Crippen LogP contribution in [0.5, 0.6) is 11.6 Å². The lowest BCUT2D eigenvalue weighted by Crippen LogP contribution is -2.70. The van der Waals surface area contributed by atoms with Crippen LogP contribution >= 0.6 is 0 Å². The topological polar surface area (TPSA) is 147 Å². The Morgan fingerprint density at radius 2 is 1.57 bits per heavy atom. The van der Waals surface area contributed by atoms with Gasteiger partial charge >= 0.3 is 0 Å². The molecule has 1 fully saturated rings. The standard InChI is InChI=1S/C40H45FN4O7Si/c1-39(2,3)53(6,7)52-40-26(30(45(4)5)32-29(35(40)48)38(44-51-32)50-21-23-16-12-9-13-17-23)19-24-18-25-28(31(46)27(24)34(40)47)33(37(42)43-36(25)41)49-20-22-14-10-8-11-15-22/h8-17,24,26-27,30H,18-21H2,1-7H3,(H2,42,43)/t24-,26-,27?,30-,40-/m0/s1. The number of fused-ring (bicyclic) bond motifs is 4.